The standard InChI is InChI=1S/C10H12BrFO2S/c1-8(6-11)7-15(13,14)10-5-3-2-4-9(10)12/h2-5,8H,6-7H2,1H3. The molecular formula is C10H12BrFO2S. The summed E-state index contributed by atoms with van der Waals surface area (Å²) in [6.07, 6.45) is 0. The molecule has 5 heteroatoms. The number of halogens is 2. The highest BCUT2D eigenvalue weighted by Crippen LogP contribution is 2.18. The van der Waals surface area contributed by atoms with Gasteiger partial charge in [0.25, 0.3) is 0 Å². The minimum atomic E-state index is -3.51. The SMILES string of the molecule is CC(CBr)CS(=O)(=O)c1ccccc1F. The van der Waals surface area contributed by atoms with E-state index in [0.29, 0.717) is 5.33 Å². The molecule has 0 radical (unpaired) electrons. The van der Waals surface area contributed by atoms with Crippen molar-refractivity contribution >= 4 is 25.8 Å². The van der Waals surface area contributed by atoms with Gasteiger partial charge in [0.15, 0.2) is 9.84 Å². The monoisotopic (exact) mass is 294 g/mol. The smallest absolute Gasteiger partial charge is 0.181 e. The van der Waals surface area contributed by atoms with Crippen molar-refractivity contribution in [3.63, 3.8) is 0 Å². The fourth-order valence-electron chi connectivity index (χ4n) is 1.21. The van der Waals surface area contributed by atoms with Crippen molar-refractivity contribution in [2.45, 2.75) is 11.8 Å². The van der Waals surface area contributed by atoms with Gasteiger partial charge in [-0.3, -0.25) is 0 Å². The molecule has 0 amide bonds. The number of hydrogen-bond acceptors (Lipinski definition) is 2. The molecule has 1 unspecified atom stereocenters. The van der Waals surface area contributed by atoms with Gasteiger partial charge >= 0.3 is 0 Å². The normalized spacial score (nSPS) is 13.8. The van der Waals surface area contributed by atoms with Crippen LogP contribution in [0.25, 0.3) is 0 Å². The van der Waals surface area contributed by atoms with E-state index >= 15 is 0 Å². The summed E-state index contributed by atoms with van der Waals surface area (Å²) >= 11 is 3.20. The van der Waals surface area contributed by atoms with Gasteiger partial charge in [0, 0.05) is 5.33 Å². The zero-order chi connectivity index (χ0) is 11.5. The Labute approximate surface area is 97.5 Å². The molecule has 0 saturated carbocycles. The molecule has 0 bridgehead atoms. The van der Waals surface area contributed by atoms with E-state index in [1.54, 1.807) is 6.92 Å². The highest BCUT2D eigenvalue weighted by Gasteiger charge is 2.20. The molecule has 1 aromatic carbocycles. The van der Waals surface area contributed by atoms with E-state index in [-0.39, 0.29) is 16.6 Å². The molecule has 0 heterocycles. The second-order valence-corrected chi connectivity index (χ2v) is 6.12. The Kier molecular flexibility index (Phi) is 4.28. The summed E-state index contributed by atoms with van der Waals surface area (Å²) in [7, 11) is -3.51. The summed E-state index contributed by atoms with van der Waals surface area (Å²) in [5, 5.41) is 0.584. The third-order valence-electron chi connectivity index (χ3n) is 1.94. The molecule has 84 valence electrons. The van der Waals surface area contributed by atoms with E-state index in [4.69, 9.17) is 0 Å². The van der Waals surface area contributed by atoms with Crippen molar-refractivity contribution in [1.82, 2.24) is 0 Å². The first-order chi connectivity index (χ1) is 6.97. The largest absolute Gasteiger partial charge is 0.224 e. The zero-order valence-corrected chi connectivity index (χ0v) is 10.7. The average Bonchev–Trinajstić information content (AvgIpc) is 2.17. The van der Waals surface area contributed by atoms with E-state index in [0.717, 1.165) is 6.07 Å². The van der Waals surface area contributed by atoms with Crippen LogP contribution in [-0.2, 0) is 9.84 Å². The molecule has 0 aromatic heterocycles. The van der Waals surface area contributed by atoms with Gasteiger partial charge in [0.2, 0.25) is 0 Å². The van der Waals surface area contributed by atoms with Crippen LogP contribution < -0.4 is 0 Å². The lowest BCUT2D eigenvalue weighted by Gasteiger charge is -2.09. The minimum Gasteiger partial charge on any atom is -0.224 e. The number of benzene rings is 1. The molecular weight excluding hydrogens is 283 g/mol. The van der Waals surface area contributed by atoms with Crippen LogP contribution in [0.1, 0.15) is 6.92 Å². The maximum atomic E-state index is 13.2. The quantitative estimate of drug-likeness (QED) is 0.800. The van der Waals surface area contributed by atoms with Crippen molar-refractivity contribution in [1.29, 1.82) is 0 Å². The summed E-state index contributed by atoms with van der Waals surface area (Å²) < 4.78 is 36.8. The highest BCUT2D eigenvalue weighted by atomic mass is 79.9. The van der Waals surface area contributed by atoms with E-state index < -0.39 is 15.7 Å². The third kappa shape index (κ3) is 3.28. The lowest BCUT2D eigenvalue weighted by atomic mass is 10.3. The van der Waals surface area contributed by atoms with Crippen LogP contribution in [0.2, 0.25) is 0 Å². The molecule has 15 heavy (non-hydrogen) atoms. The predicted molar refractivity (Wildman–Crippen MR) is 61.4 cm³/mol. The van der Waals surface area contributed by atoms with Crippen molar-refractivity contribution in [3.05, 3.63) is 30.1 Å². The molecule has 0 saturated heterocycles. The van der Waals surface area contributed by atoms with Gasteiger partial charge in [-0.2, -0.15) is 0 Å². The lowest BCUT2D eigenvalue weighted by molar-refractivity contribution is 0.559. The minimum absolute atomic E-state index is 0.0328. The first-order valence-electron chi connectivity index (χ1n) is 4.50. The van der Waals surface area contributed by atoms with Crippen LogP contribution in [-0.4, -0.2) is 19.5 Å². The Morgan fingerprint density at radius 2 is 2.00 bits per heavy atom. The number of sulfone groups is 1. The topological polar surface area (TPSA) is 34.1 Å². The fourth-order valence-corrected chi connectivity index (χ4v) is 3.44. The number of alkyl halides is 1. The predicted octanol–water partition coefficient (Wildman–Crippen LogP) is 2.63. The van der Waals surface area contributed by atoms with Gasteiger partial charge in [0.05, 0.1) is 5.75 Å². The first-order valence-corrected chi connectivity index (χ1v) is 7.28. The Morgan fingerprint density at radius 3 is 2.53 bits per heavy atom. The average molecular weight is 295 g/mol. The van der Waals surface area contributed by atoms with Gasteiger partial charge in [0.1, 0.15) is 10.7 Å². The molecule has 1 atom stereocenters. The number of hydrogen-bond donors (Lipinski definition) is 0. The van der Waals surface area contributed by atoms with Crippen molar-refractivity contribution in [2.75, 3.05) is 11.1 Å². The van der Waals surface area contributed by atoms with E-state index in [9.17, 15) is 12.8 Å². The van der Waals surface area contributed by atoms with E-state index in [2.05, 4.69) is 15.9 Å². The summed E-state index contributed by atoms with van der Waals surface area (Å²) in [4.78, 5) is -0.210. The third-order valence-corrected chi connectivity index (χ3v) is 5.05. The van der Waals surface area contributed by atoms with Crippen LogP contribution in [0.3, 0.4) is 0 Å². The van der Waals surface area contributed by atoms with Crippen molar-refractivity contribution in [2.24, 2.45) is 5.92 Å². The molecule has 0 aliphatic heterocycles. The number of rotatable bonds is 4. The second-order valence-electron chi connectivity index (χ2n) is 3.47. The van der Waals surface area contributed by atoms with Crippen LogP contribution in [0, 0.1) is 11.7 Å². The Morgan fingerprint density at radius 1 is 1.40 bits per heavy atom. The molecule has 1 aromatic rings. The Bertz CT molecular complexity index is 431. The van der Waals surface area contributed by atoms with Crippen LogP contribution in [0.5, 0.6) is 0 Å². The van der Waals surface area contributed by atoms with E-state index in [1.807, 2.05) is 0 Å². The summed E-state index contributed by atoms with van der Waals surface area (Å²) in [6.45, 7) is 1.80. The summed E-state index contributed by atoms with van der Waals surface area (Å²) in [6, 6.07) is 5.45. The zero-order valence-electron chi connectivity index (χ0n) is 8.28. The van der Waals surface area contributed by atoms with Gasteiger partial charge in [-0.05, 0) is 18.1 Å². The summed E-state index contributed by atoms with van der Waals surface area (Å²) in [5.41, 5.74) is 0. The maximum Gasteiger partial charge on any atom is 0.181 e. The Balaban J connectivity index is 3.02. The molecule has 0 N–H and O–H groups in total. The molecule has 1 rings (SSSR count). The van der Waals surface area contributed by atoms with Crippen LogP contribution in [0.4, 0.5) is 4.39 Å². The fraction of sp³-hybridized carbons (Fsp3) is 0.400. The molecule has 0 aliphatic rings. The van der Waals surface area contributed by atoms with Gasteiger partial charge in [-0.25, -0.2) is 12.8 Å². The Hall–Kier alpha value is -0.420. The van der Waals surface area contributed by atoms with E-state index in [1.165, 1.54) is 18.2 Å². The van der Waals surface area contributed by atoms with Crippen LogP contribution >= 0.6 is 15.9 Å². The lowest BCUT2D eigenvalue weighted by Crippen LogP contribution is -2.16. The van der Waals surface area contributed by atoms with Crippen molar-refractivity contribution in [3.8, 4) is 0 Å². The van der Waals surface area contributed by atoms with Gasteiger partial charge in [-0.1, -0.05) is 35.0 Å². The molecule has 2 nitrogen and oxygen atoms in total. The highest BCUT2D eigenvalue weighted by molar-refractivity contribution is 9.09. The van der Waals surface area contributed by atoms with Crippen molar-refractivity contribution < 1.29 is 12.8 Å². The van der Waals surface area contributed by atoms with Crippen LogP contribution in [0.15, 0.2) is 29.2 Å². The molecule has 0 fully saturated rings. The van der Waals surface area contributed by atoms with Gasteiger partial charge < -0.3 is 0 Å². The molecule has 0 aliphatic carbocycles. The summed E-state index contributed by atoms with van der Waals surface area (Å²) in [5.74, 6) is -0.756. The second kappa shape index (κ2) is 5.07. The molecule has 0 spiro atoms. The maximum absolute atomic E-state index is 13.2. The van der Waals surface area contributed by atoms with Gasteiger partial charge in [-0.15, -0.1) is 0 Å². The first kappa shape index (κ1) is 12.6.